The molecule has 6 nitrogen and oxygen atoms in total. The summed E-state index contributed by atoms with van der Waals surface area (Å²) < 4.78 is 26.5. The Hall–Kier alpha value is -3.16. The Labute approximate surface area is 151 Å². The normalized spacial score (nSPS) is 11.0. The molecule has 0 radical (unpaired) electrons. The van der Waals surface area contributed by atoms with Gasteiger partial charge in [-0.05, 0) is 48.5 Å². The van der Waals surface area contributed by atoms with Crippen LogP contribution in [0.25, 0.3) is 0 Å². The Kier molecular flexibility index (Phi) is 5.01. The highest BCUT2D eigenvalue weighted by molar-refractivity contribution is 7.84. The Morgan fingerprint density at radius 2 is 1.23 bits per heavy atom. The molecule has 0 aliphatic heterocycles. The van der Waals surface area contributed by atoms with Crippen LogP contribution in [0.15, 0.2) is 84.9 Å². The summed E-state index contributed by atoms with van der Waals surface area (Å²) in [5, 5.41) is 4.84. The van der Waals surface area contributed by atoms with Crippen LogP contribution in [-0.4, -0.2) is 14.3 Å². The number of nitrogens with two attached hydrogens (primary N) is 1. The second-order valence-electron chi connectivity index (χ2n) is 5.41. The first-order chi connectivity index (χ1) is 12.4. The van der Waals surface area contributed by atoms with E-state index in [1.807, 2.05) is 60.7 Å². The third kappa shape index (κ3) is 4.27. The van der Waals surface area contributed by atoms with Crippen LogP contribution in [0.2, 0.25) is 0 Å². The molecule has 0 aromatic heterocycles. The number of carbonyl (C=O) groups excluding carboxylic acids is 1. The molecule has 1 amide bonds. The molecular formula is C19H16N2O4S. The van der Waals surface area contributed by atoms with Crippen LogP contribution in [0.1, 0.15) is 10.4 Å². The van der Waals surface area contributed by atoms with Gasteiger partial charge in [0.05, 0.1) is 0 Å². The molecule has 0 atom stereocenters. The van der Waals surface area contributed by atoms with Crippen LogP contribution < -0.4 is 14.2 Å². The predicted octanol–water partition coefficient (Wildman–Crippen LogP) is 3.25. The van der Waals surface area contributed by atoms with Crippen molar-refractivity contribution in [3.8, 4) is 5.75 Å². The Morgan fingerprint density at radius 1 is 0.769 bits per heavy atom. The summed E-state index contributed by atoms with van der Waals surface area (Å²) in [6.07, 6.45) is 0. The molecule has 0 heterocycles. The maximum absolute atomic E-state index is 13.1. The fourth-order valence-electron chi connectivity index (χ4n) is 2.45. The molecule has 0 aliphatic rings. The van der Waals surface area contributed by atoms with E-state index in [9.17, 15) is 13.2 Å². The van der Waals surface area contributed by atoms with Crippen molar-refractivity contribution >= 4 is 27.6 Å². The average Bonchev–Trinajstić information content (AvgIpc) is 2.63. The minimum atomic E-state index is -4.11. The lowest BCUT2D eigenvalue weighted by Crippen LogP contribution is -2.25. The topological polar surface area (TPSA) is 89.7 Å². The van der Waals surface area contributed by atoms with Crippen molar-refractivity contribution in [1.82, 2.24) is 0 Å². The van der Waals surface area contributed by atoms with Crippen molar-refractivity contribution in [2.45, 2.75) is 0 Å². The van der Waals surface area contributed by atoms with E-state index in [2.05, 4.69) is 4.18 Å². The lowest BCUT2D eigenvalue weighted by Gasteiger charge is -2.23. The van der Waals surface area contributed by atoms with Crippen molar-refractivity contribution in [1.29, 1.82) is 0 Å². The van der Waals surface area contributed by atoms with E-state index in [0.29, 0.717) is 16.9 Å². The van der Waals surface area contributed by atoms with E-state index in [-0.39, 0.29) is 11.7 Å². The predicted molar refractivity (Wildman–Crippen MR) is 99.5 cm³/mol. The zero-order chi connectivity index (χ0) is 18.6. The summed E-state index contributed by atoms with van der Waals surface area (Å²) in [7, 11) is -4.11. The molecule has 3 rings (SSSR count). The Balaban J connectivity index is 1.96. The SMILES string of the molecule is NS(=O)(=O)Oc1ccc(C(=O)N(c2ccccc2)c2ccccc2)cc1. The number of hydrogen-bond donors (Lipinski definition) is 1. The number of rotatable bonds is 5. The largest absolute Gasteiger partial charge is 0.380 e. The minimum Gasteiger partial charge on any atom is -0.371 e. The zero-order valence-corrected chi connectivity index (χ0v) is 14.5. The quantitative estimate of drug-likeness (QED) is 0.748. The van der Waals surface area contributed by atoms with E-state index < -0.39 is 10.3 Å². The summed E-state index contributed by atoms with van der Waals surface area (Å²) in [6, 6.07) is 24.2. The number of para-hydroxylation sites is 2. The number of benzene rings is 3. The standard InChI is InChI=1S/C19H16N2O4S/c20-26(23,24)25-18-13-11-15(12-14-18)19(22)21(16-7-3-1-4-8-16)17-9-5-2-6-10-17/h1-14H,(H2,20,23,24). The molecular weight excluding hydrogens is 352 g/mol. The van der Waals surface area contributed by atoms with Gasteiger partial charge in [-0.25, -0.2) is 0 Å². The summed E-state index contributed by atoms with van der Waals surface area (Å²) in [5.74, 6) is -0.223. The summed E-state index contributed by atoms with van der Waals surface area (Å²) in [6.45, 7) is 0. The number of carbonyl (C=O) groups is 1. The van der Waals surface area contributed by atoms with Gasteiger partial charge in [0.1, 0.15) is 5.75 Å². The molecule has 26 heavy (non-hydrogen) atoms. The molecule has 132 valence electrons. The van der Waals surface area contributed by atoms with E-state index >= 15 is 0 Å². The third-order valence-corrected chi connectivity index (χ3v) is 3.97. The number of anilines is 2. The maximum Gasteiger partial charge on any atom is 0.380 e. The van der Waals surface area contributed by atoms with Crippen LogP contribution in [0.5, 0.6) is 5.75 Å². The van der Waals surface area contributed by atoms with Crippen molar-refractivity contribution in [2.75, 3.05) is 4.90 Å². The maximum atomic E-state index is 13.1. The molecule has 2 N–H and O–H groups in total. The molecule has 3 aromatic carbocycles. The smallest absolute Gasteiger partial charge is 0.371 e. The summed E-state index contributed by atoms with van der Waals surface area (Å²) in [5.41, 5.74) is 1.81. The van der Waals surface area contributed by atoms with E-state index in [1.165, 1.54) is 24.3 Å². The highest BCUT2D eigenvalue weighted by Crippen LogP contribution is 2.27. The molecule has 7 heteroatoms. The fourth-order valence-corrected chi connectivity index (χ4v) is 2.83. The zero-order valence-electron chi connectivity index (χ0n) is 13.6. The summed E-state index contributed by atoms with van der Waals surface area (Å²) >= 11 is 0. The molecule has 0 unspecified atom stereocenters. The second kappa shape index (κ2) is 7.38. The summed E-state index contributed by atoms with van der Waals surface area (Å²) in [4.78, 5) is 14.7. The molecule has 0 aliphatic carbocycles. The van der Waals surface area contributed by atoms with Crippen molar-refractivity contribution < 1.29 is 17.4 Å². The van der Waals surface area contributed by atoms with E-state index in [0.717, 1.165) is 0 Å². The van der Waals surface area contributed by atoms with Gasteiger partial charge in [-0.3, -0.25) is 9.69 Å². The first kappa shape index (κ1) is 17.7. The number of nitrogens with zero attached hydrogens (tertiary/aromatic N) is 1. The molecule has 0 fully saturated rings. The van der Waals surface area contributed by atoms with Gasteiger partial charge in [-0.15, -0.1) is 0 Å². The van der Waals surface area contributed by atoms with E-state index in [1.54, 1.807) is 4.90 Å². The van der Waals surface area contributed by atoms with Gasteiger partial charge < -0.3 is 4.18 Å². The van der Waals surface area contributed by atoms with Crippen molar-refractivity contribution in [3.05, 3.63) is 90.5 Å². The average molecular weight is 368 g/mol. The van der Waals surface area contributed by atoms with Gasteiger partial charge in [0.15, 0.2) is 0 Å². The van der Waals surface area contributed by atoms with E-state index in [4.69, 9.17) is 5.14 Å². The van der Waals surface area contributed by atoms with Gasteiger partial charge in [0.2, 0.25) is 0 Å². The van der Waals surface area contributed by atoms with Gasteiger partial charge in [-0.2, -0.15) is 13.6 Å². The van der Waals surface area contributed by atoms with Crippen LogP contribution in [0.4, 0.5) is 11.4 Å². The van der Waals surface area contributed by atoms with Gasteiger partial charge in [0, 0.05) is 16.9 Å². The van der Waals surface area contributed by atoms with Crippen LogP contribution in [-0.2, 0) is 10.3 Å². The van der Waals surface area contributed by atoms with Gasteiger partial charge in [0.25, 0.3) is 5.91 Å². The second-order valence-corrected chi connectivity index (χ2v) is 6.56. The number of hydrogen-bond acceptors (Lipinski definition) is 4. The van der Waals surface area contributed by atoms with Gasteiger partial charge in [-0.1, -0.05) is 36.4 Å². The molecule has 0 spiro atoms. The van der Waals surface area contributed by atoms with Crippen LogP contribution >= 0.6 is 0 Å². The first-order valence-corrected chi connectivity index (χ1v) is 9.18. The molecule has 0 saturated carbocycles. The van der Waals surface area contributed by atoms with Crippen molar-refractivity contribution in [2.24, 2.45) is 5.14 Å². The monoisotopic (exact) mass is 368 g/mol. The number of amides is 1. The Morgan fingerprint density at radius 3 is 1.65 bits per heavy atom. The van der Waals surface area contributed by atoms with Crippen LogP contribution in [0, 0.1) is 0 Å². The minimum absolute atomic E-state index is 0.0371. The highest BCUT2D eigenvalue weighted by atomic mass is 32.2. The van der Waals surface area contributed by atoms with Gasteiger partial charge >= 0.3 is 10.3 Å². The first-order valence-electron chi connectivity index (χ1n) is 7.71. The molecule has 0 bridgehead atoms. The highest BCUT2D eigenvalue weighted by Gasteiger charge is 2.19. The fraction of sp³-hybridized carbons (Fsp3) is 0. The lowest BCUT2D eigenvalue weighted by molar-refractivity contribution is 0.0999. The van der Waals surface area contributed by atoms with Crippen LogP contribution in [0.3, 0.4) is 0 Å². The molecule has 3 aromatic rings. The lowest BCUT2D eigenvalue weighted by atomic mass is 10.1. The molecule has 0 saturated heterocycles. The Bertz CT molecular complexity index is 949. The van der Waals surface area contributed by atoms with Crippen molar-refractivity contribution in [3.63, 3.8) is 0 Å². The third-order valence-electron chi connectivity index (χ3n) is 3.55.